The third kappa shape index (κ3) is 41.0. The Hall–Kier alpha value is -3.01. The van der Waals surface area contributed by atoms with Crippen molar-refractivity contribution >= 4 is 17.9 Å². The highest BCUT2D eigenvalue weighted by Crippen LogP contribution is 2.14. The first-order chi connectivity index (χ1) is 27.6. The smallest absolute Gasteiger partial charge is 0.361 e. The number of rotatable bonds is 40. The van der Waals surface area contributed by atoms with Crippen molar-refractivity contribution in [3.8, 4) is 0 Å². The number of aliphatic carboxylic acids is 1. The summed E-state index contributed by atoms with van der Waals surface area (Å²) in [5.74, 6) is -2.03. The van der Waals surface area contributed by atoms with E-state index in [4.69, 9.17) is 18.9 Å². The number of quaternary nitrogens is 1. The van der Waals surface area contributed by atoms with E-state index in [0.717, 1.165) is 83.5 Å². The molecule has 9 nitrogen and oxygen atoms in total. The average Bonchev–Trinajstić information content (AvgIpc) is 3.17. The monoisotopic (exact) mass is 803 g/mol. The van der Waals surface area contributed by atoms with Gasteiger partial charge in [0.15, 0.2) is 6.10 Å². The van der Waals surface area contributed by atoms with Gasteiger partial charge in [-0.2, -0.15) is 0 Å². The lowest BCUT2D eigenvalue weighted by Crippen LogP contribution is -2.40. The van der Waals surface area contributed by atoms with Crippen molar-refractivity contribution in [3.63, 3.8) is 0 Å². The third-order valence-corrected chi connectivity index (χ3v) is 9.29. The van der Waals surface area contributed by atoms with Gasteiger partial charge in [-0.25, -0.2) is 4.79 Å². The second kappa shape index (κ2) is 39.8. The van der Waals surface area contributed by atoms with Crippen molar-refractivity contribution in [2.24, 2.45) is 0 Å². The van der Waals surface area contributed by atoms with E-state index in [0.29, 0.717) is 23.9 Å². The molecule has 0 radical (unpaired) electrons. The van der Waals surface area contributed by atoms with Crippen LogP contribution < -0.4 is 0 Å². The minimum Gasteiger partial charge on any atom is -0.477 e. The topological polar surface area (TPSA) is 108 Å². The van der Waals surface area contributed by atoms with Gasteiger partial charge >= 0.3 is 17.9 Å². The summed E-state index contributed by atoms with van der Waals surface area (Å²) in [4.78, 5) is 36.7. The van der Waals surface area contributed by atoms with Crippen molar-refractivity contribution in [2.45, 2.75) is 180 Å². The fraction of sp³-hybridized carbons (Fsp3) is 0.729. The van der Waals surface area contributed by atoms with Gasteiger partial charge in [0.2, 0.25) is 0 Å². The highest BCUT2D eigenvalue weighted by molar-refractivity contribution is 5.71. The molecule has 0 aromatic rings. The maximum atomic E-state index is 12.7. The number of carboxylic acid groups (broad SMARTS) is 1. The third-order valence-electron chi connectivity index (χ3n) is 9.29. The average molecular weight is 803 g/mol. The Balaban J connectivity index is 4.14. The fourth-order valence-electron chi connectivity index (χ4n) is 5.80. The lowest BCUT2D eigenvalue weighted by atomic mass is 10.0. The van der Waals surface area contributed by atoms with Crippen molar-refractivity contribution in [1.29, 1.82) is 0 Å². The van der Waals surface area contributed by atoms with Gasteiger partial charge in [0.05, 0.1) is 34.4 Å². The Morgan fingerprint density at radius 3 is 1.49 bits per heavy atom. The zero-order valence-corrected chi connectivity index (χ0v) is 37.0. The lowest BCUT2D eigenvalue weighted by Gasteiger charge is -2.25. The summed E-state index contributed by atoms with van der Waals surface area (Å²) in [5, 5.41) is 9.58. The minimum absolute atomic E-state index is 0.185. The van der Waals surface area contributed by atoms with E-state index < -0.39 is 24.3 Å². The number of hydrogen-bond donors (Lipinski definition) is 1. The van der Waals surface area contributed by atoms with Crippen LogP contribution in [0, 0.1) is 0 Å². The van der Waals surface area contributed by atoms with E-state index in [1.807, 2.05) is 21.1 Å². The zero-order chi connectivity index (χ0) is 42.1. The summed E-state index contributed by atoms with van der Waals surface area (Å²) in [5.41, 5.74) is 0. The van der Waals surface area contributed by atoms with E-state index in [2.05, 4.69) is 74.6 Å². The second-order valence-corrected chi connectivity index (χ2v) is 16.0. The van der Waals surface area contributed by atoms with Gasteiger partial charge in [-0.05, 0) is 57.8 Å². The molecule has 1 N–H and O–H groups in total. The van der Waals surface area contributed by atoms with Crippen LogP contribution in [0.25, 0.3) is 0 Å². The number of likely N-dealkylation sites (N-methyl/N-ethyl adjacent to an activating group) is 1. The summed E-state index contributed by atoms with van der Waals surface area (Å²) in [6.45, 7) is 4.64. The molecule has 0 saturated carbocycles. The Labute approximate surface area is 348 Å². The molecular formula is C48H84NO8+. The van der Waals surface area contributed by atoms with Crippen molar-refractivity contribution in [2.75, 3.05) is 47.5 Å². The summed E-state index contributed by atoms with van der Waals surface area (Å²) in [6.07, 6.45) is 44.8. The molecule has 0 bridgehead atoms. The number of ether oxygens (including phenoxy) is 4. The Bertz CT molecular complexity index is 1120. The summed E-state index contributed by atoms with van der Waals surface area (Å²) < 4.78 is 22.5. The van der Waals surface area contributed by atoms with Gasteiger partial charge in [-0.3, -0.25) is 9.59 Å². The van der Waals surface area contributed by atoms with Crippen LogP contribution in [0.4, 0.5) is 0 Å². The van der Waals surface area contributed by atoms with Crippen molar-refractivity contribution in [1.82, 2.24) is 0 Å². The molecule has 2 unspecified atom stereocenters. The van der Waals surface area contributed by atoms with Gasteiger partial charge < -0.3 is 28.5 Å². The van der Waals surface area contributed by atoms with Crippen LogP contribution in [0.3, 0.4) is 0 Å². The second-order valence-electron chi connectivity index (χ2n) is 16.0. The van der Waals surface area contributed by atoms with Crippen molar-refractivity contribution < 1.29 is 42.9 Å². The molecule has 0 rings (SSSR count). The Morgan fingerprint density at radius 1 is 0.544 bits per heavy atom. The van der Waals surface area contributed by atoms with E-state index in [9.17, 15) is 19.5 Å². The van der Waals surface area contributed by atoms with Gasteiger partial charge in [0.25, 0.3) is 6.29 Å². The lowest BCUT2D eigenvalue weighted by molar-refractivity contribution is -0.870. The standard InChI is InChI=1S/C48H83NO8/c1-6-8-10-12-13-14-15-16-17-18-19-20-21-22-23-24-25-26-27-28-29-30-31-32-33-35-37-39-46(51)57-44(42-55-45(50)38-36-34-11-9-7-2)43-56-48(47(52)53)54-41-40-49(3,4)5/h8,10,13-14,16-17,19-20,22-23,44,48H,6-7,9,11-12,15,18,21,24-43H2,1-5H3/p+1/b10-8-,14-13-,17-16-,20-19-,23-22-. The van der Waals surface area contributed by atoms with Crippen LogP contribution in [-0.4, -0.2) is 87.4 Å². The molecule has 57 heavy (non-hydrogen) atoms. The molecule has 0 aliphatic rings. The molecular weight excluding hydrogens is 719 g/mol. The predicted octanol–water partition coefficient (Wildman–Crippen LogP) is 11.8. The number of hydrogen-bond acceptors (Lipinski definition) is 7. The van der Waals surface area contributed by atoms with Crippen LogP contribution in [0.2, 0.25) is 0 Å². The van der Waals surface area contributed by atoms with E-state index in [1.54, 1.807) is 0 Å². The molecule has 0 aromatic heterocycles. The van der Waals surface area contributed by atoms with Gasteiger partial charge in [-0.1, -0.05) is 158 Å². The predicted molar refractivity (Wildman–Crippen MR) is 235 cm³/mol. The van der Waals surface area contributed by atoms with Crippen LogP contribution in [0.5, 0.6) is 0 Å². The number of carboxylic acids is 1. The highest BCUT2D eigenvalue weighted by atomic mass is 16.7. The van der Waals surface area contributed by atoms with Crippen LogP contribution in [0.15, 0.2) is 60.8 Å². The molecule has 0 aromatic carbocycles. The van der Waals surface area contributed by atoms with E-state index >= 15 is 0 Å². The quantitative estimate of drug-likeness (QED) is 0.0214. The van der Waals surface area contributed by atoms with Crippen LogP contribution >= 0.6 is 0 Å². The largest absolute Gasteiger partial charge is 0.477 e. The molecule has 0 aliphatic heterocycles. The summed E-state index contributed by atoms with van der Waals surface area (Å²) in [6, 6.07) is 0. The Morgan fingerprint density at radius 2 is 1.00 bits per heavy atom. The van der Waals surface area contributed by atoms with Gasteiger partial charge in [0, 0.05) is 12.8 Å². The molecule has 9 heteroatoms. The number of nitrogens with zero attached hydrogens (tertiary/aromatic N) is 1. The maximum absolute atomic E-state index is 12.7. The molecule has 0 aliphatic carbocycles. The first-order valence-electron chi connectivity index (χ1n) is 22.5. The number of carbonyl (C=O) groups excluding carboxylic acids is 2. The molecule has 0 fully saturated rings. The first kappa shape index (κ1) is 54.0. The summed E-state index contributed by atoms with van der Waals surface area (Å²) in [7, 11) is 5.94. The molecule has 0 saturated heterocycles. The van der Waals surface area contributed by atoms with E-state index in [1.165, 1.54) is 51.4 Å². The summed E-state index contributed by atoms with van der Waals surface area (Å²) >= 11 is 0. The minimum atomic E-state index is -1.51. The highest BCUT2D eigenvalue weighted by Gasteiger charge is 2.25. The zero-order valence-electron chi connectivity index (χ0n) is 37.0. The van der Waals surface area contributed by atoms with Gasteiger partial charge in [-0.15, -0.1) is 0 Å². The Kier molecular flexibility index (Phi) is 37.7. The molecule has 328 valence electrons. The van der Waals surface area contributed by atoms with Crippen molar-refractivity contribution in [3.05, 3.63) is 60.8 Å². The van der Waals surface area contributed by atoms with Crippen LogP contribution in [0.1, 0.15) is 168 Å². The SMILES string of the molecule is CC/C=C\C/C=C\C/C=C\C/C=C\C/C=C\CCCCCCCCCCCCCC(=O)OC(COC(=O)CCCCCCC)COC(OCC[N+](C)(C)C)C(=O)O. The van der Waals surface area contributed by atoms with Crippen LogP contribution in [-0.2, 0) is 33.3 Å². The normalized spacial score (nSPS) is 13.5. The molecule has 0 amide bonds. The molecule has 0 spiro atoms. The molecule has 2 atom stereocenters. The fourth-order valence-corrected chi connectivity index (χ4v) is 5.80. The number of esters is 2. The number of carbonyl (C=O) groups is 3. The molecule has 0 heterocycles. The first-order valence-corrected chi connectivity index (χ1v) is 22.5. The number of allylic oxidation sites excluding steroid dienone is 10. The van der Waals surface area contributed by atoms with Gasteiger partial charge in [0.1, 0.15) is 13.2 Å². The maximum Gasteiger partial charge on any atom is 0.361 e. The number of unbranched alkanes of at least 4 members (excludes halogenated alkanes) is 15. The van der Waals surface area contributed by atoms with E-state index in [-0.39, 0.29) is 32.2 Å².